The summed E-state index contributed by atoms with van der Waals surface area (Å²) in [6, 6.07) is 7.71. The number of aliphatic hydroxyl groups is 1. The Kier molecular flexibility index (Phi) is 3.37. The zero-order valence-corrected chi connectivity index (χ0v) is 12.0. The van der Waals surface area contributed by atoms with E-state index in [2.05, 4.69) is 10.3 Å². The summed E-state index contributed by atoms with van der Waals surface area (Å²) in [6.45, 7) is 0.649. The van der Waals surface area contributed by atoms with Crippen molar-refractivity contribution in [3.63, 3.8) is 0 Å². The number of benzene rings is 1. The zero-order chi connectivity index (χ0) is 15.1. The average Bonchev–Trinajstić information content (AvgIpc) is 3.19. The summed E-state index contributed by atoms with van der Waals surface area (Å²) >= 11 is 0. The van der Waals surface area contributed by atoms with Gasteiger partial charge in [-0.25, -0.2) is 0 Å². The van der Waals surface area contributed by atoms with Gasteiger partial charge in [-0.2, -0.15) is 0 Å². The van der Waals surface area contributed by atoms with Crippen LogP contribution in [0.15, 0.2) is 30.5 Å². The van der Waals surface area contributed by atoms with Crippen molar-refractivity contribution < 1.29 is 19.4 Å². The first-order valence-corrected chi connectivity index (χ1v) is 7.48. The number of hydrogen-bond donors (Lipinski definition) is 3. The molecule has 6 heteroatoms. The van der Waals surface area contributed by atoms with Crippen LogP contribution in [-0.2, 0) is 20.7 Å². The van der Waals surface area contributed by atoms with E-state index in [1.54, 1.807) is 0 Å². The van der Waals surface area contributed by atoms with Gasteiger partial charge in [0.1, 0.15) is 18.3 Å². The minimum absolute atomic E-state index is 0.0657. The van der Waals surface area contributed by atoms with Gasteiger partial charge in [0, 0.05) is 17.1 Å². The van der Waals surface area contributed by atoms with Crippen LogP contribution in [0.1, 0.15) is 5.56 Å². The van der Waals surface area contributed by atoms with Gasteiger partial charge in [0.15, 0.2) is 0 Å². The Labute approximate surface area is 127 Å². The topological polar surface area (TPSA) is 83.6 Å². The van der Waals surface area contributed by atoms with Crippen LogP contribution in [0.4, 0.5) is 0 Å². The van der Waals surface area contributed by atoms with E-state index in [1.165, 1.54) is 0 Å². The van der Waals surface area contributed by atoms with Gasteiger partial charge in [-0.3, -0.25) is 4.79 Å². The molecule has 0 bridgehead atoms. The molecule has 4 rings (SSSR count). The Bertz CT molecular complexity index is 698. The van der Waals surface area contributed by atoms with Gasteiger partial charge in [-0.05, 0) is 11.6 Å². The fraction of sp³-hybridized carbons (Fsp3) is 0.438. The number of para-hydroxylation sites is 1. The van der Waals surface area contributed by atoms with Crippen LogP contribution < -0.4 is 5.32 Å². The number of H-pyrrole nitrogens is 1. The maximum Gasteiger partial charge on any atom is 0.224 e. The third-order valence-corrected chi connectivity index (χ3v) is 4.40. The van der Waals surface area contributed by atoms with Crippen LogP contribution >= 0.6 is 0 Å². The highest BCUT2D eigenvalue weighted by molar-refractivity contribution is 5.88. The summed E-state index contributed by atoms with van der Waals surface area (Å²) in [5.74, 6) is -0.0657. The minimum Gasteiger partial charge on any atom is -0.388 e. The first-order valence-electron chi connectivity index (χ1n) is 7.48. The number of carbonyl (C=O) groups is 1. The van der Waals surface area contributed by atoms with Crippen molar-refractivity contribution in [2.75, 3.05) is 13.2 Å². The first-order chi connectivity index (χ1) is 10.7. The van der Waals surface area contributed by atoms with Gasteiger partial charge in [0.05, 0.1) is 25.7 Å². The summed E-state index contributed by atoms with van der Waals surface area (Å²) < 4.78 is 11.0. The molecule has 0 unspecified atom stereocenters. The number of aromatic nitrogens is 1. The quantitative estimate of drug-likeness (QED) is 0.764. The van der Waals surface area contributed by atoms with Crippen LogP contribution in [0.2, 0.25) is 0 Å². The van der Waals surface area contributed by atoms with Crippen molar-refractivity contribution in [2.24, 2.45) is 0 Å². The number of hydrogen-bond acceptors (Lipinski definition) is 4. The molecule has 2 aliphatic rings. The lowest BCUT2D eigenvalue weighted by Crippen LogP contribution is -2.44. The molecule has 2 fully saturated rings. The lowest BCUT2D eigenvalue weighted by Gasteiger charge is -2.17. The van der Waals surface area contributed by atoms with E-state index in [1.807, 2.05) is 30.5 Å². The Morgan fingerprint density at radius 2 is 2.09 bits per heavy atom. The number of fused-ring (bicyclic) bond motifs is 2. The van der Waals surface area contributed by atoms with E-state index >= 15 is 0 Å². The lowest BCUT2D eigenvalue weighted by molar-refractivity contribution is -0.121. The SMILES string of the molecule is O=C(Cc1c[nH]c2ccccc12)N[C@H]1CO[C@H]2[C@@H]1OC[C@@H]2O. The number of aromatic amines is 1. The molecular weight excluding hydrogens is 284 g/mol. The second-order valence-corrected chi connectivity index (χ2v) is 5.87. The van der Waals surface area contributed by atoms with Crippen molar-refractivity contribution >= 4 is 16.8 Å². The number of ether oxygens (including phenoxy) is 2. The van der Waals surface area contributed by atoms with Gasteiger partial charge in [-0.1, -0.05) is 18.2 Å². The molecule has 1 aromatic heterocycles. The second kappa shape index (κ2) is 5.39. The van der Waals surface area contributed by atoms with Gasteiger partial charge in [0.2, 0.25) is 5.91 Å². The van der Waals surface area contributed by atoms with Crippen LogP contribution in [0.5, 0.6) is 0 Å². The minimum atomic E-state index is -0.597. The molecule has 4 atom stereocenters. The molecule has 3 N–H and O–H groups in total. The van der Waals surface area contributed by atoms with Gasteiger partial charge in [-0.15, -0.1) is 0 Å². The van der Waals surface area contributed by atoms with E-state index < -0.39 is 6.10 Å². The predicted octanol–water partition coefficient (Wildman–Crippen LogP) is 0.354. The van der Waals surface area contributed by atoms with Crippen molar-refractivity contribution in [3.05, 3.63) is 36.0 Å². The molecule has 2 aromatic rings. The largest absolute Gasteiger partial charge is 0.388 e. The van der Waals surface area contributed by atoms with Gasteiger partial charge >= 0.3 is 0 Å². The molecule has 6 nitrogen and oxygen atoms in total. The maximum absolute atomic E-state index is 12.3. The average molecular weight is 302 g/mol. The maximum atomic E-state index is 12.3. The molecule has 1 aromatic carbocycles. The Balaban J connectivity index is 1.43. The van der Waals surface area contributed by atoms with Crippen molar-refractivity contribution in [1.29, 1.82) is 0 Å². The standard InChI is InChI=1S/C16H18N2O4/c19-13-8-22-15-12(7-21-16(13)15)18-14(20)5-9-6-17-11-4-2-1-3-10(9)11/h1-4,6,12-13,15-17,19H,5,7-8H2,(H,18,20)/t12-,13-,15+,16+/m0/s1. The summed E-state index contributed by atoms with van der Waals surface area (Å²) in [7, 11) is 0. The Hall–Kier alpha value is -1.89. The molecule has 0 aliphatic carbocycles. The summed E-state index contributed by atoms with van der Waals surface area (Å²) in [4.78, 5) is 15.4. The van der Waals surface area contributed by atoms with Crippen LogP contribution in [-0.4, -0.2) is 53.6 Å². The van der Waals surface area contributed by atoms with E-state index in [-0.39, 0.29) is 30.8 Å². The molecule has 1 amide bonds. The predicted molar refractivity (Wildman–Crippen MR) is 79.4 cm³/mol. The second-order valence-electron chi connectivity index (χ2n) is 5.87. The highest BCUT2D eigenvalue weighted by Gasteiger charge is 2.47. The Morgan fingerprint density at radius 1 is 1.27 bits per heavy atom. The van der Waals surface area contributed by atoms with E-state index in [4.69, 9.17) is 9.47 Å². The highest BCUT2D eigenvalue weighted by atomic mass is 16.6. The summed E-state index contributed by atoms with van der Waals surface area (Å²) in [6.07, 6.45) is 1.01. The Morgan fingerprint density at radius 3 is 3.00 bits per heavy atom. The zero-order valence-electron chi connectivity index (χ0n) is 12.0. The fourth-order valence-corrected chi connectivity index (χ4v) is 3.31. The molecule has 3 heterocycles. The van der Waals surface area contributed by atoms with Gasteiger partial charge < -0.3 is 24.9 Å². The van der Waals surface area contributed by atoms with Crippen molar-refractivity contribution in [3.8, 4) is 0 Å². The van der Waals surface area contributed by atoms with Crippen LogP contribution in [0, 0.1) is 0 Å². The molecule has 2 saturated heterocycles. The molecule has 0 saturated carbocycles. The normalized spacial score (nSPS) is 30.6. The first kappa shape index (κ1) is 13.8. The van der Waals surface area contributed by atoms with Gasteiger partial charge in [0.25, 0.3) is 0 Å². The smallest absolute Gasteiger partial charge is 0.224 e. The number of aliphatic hydroxyl groups excluding tert-OH is 1. The third-order valence-electron chi connectivity index (χ3n) is 4.40. The van der Waals surface area contributed by atoms with Crippen molar-refractivity contribution in [1.82, 2.24) is 10.3 Å². The van der Waals surface area contributed by atoms with Crippen LogP contribution in [0.25, 0.3) is 10.9 Å². The molecule has 116 valence electrons. The molecule has 0 spiro atoms. The van der Waals surface area contributed by atoms with Crippen LogP contribution in [0.3, 0.4) is 0 Å². The fourth-order valence-electron chi connectivity index (χ4n) is 3.31. The molecule has 22 heavy (non-hydrogen) atoms. The highest BCUT2D eigenvalue weighted by Crippen LogP contribution is 2.27. The summed E-state index contributed by atoms with van der Waals surface area (Å²) in [5.41, 5.74) is 1.99. The number of amides is 1. The van der Waals surface area contributed by atoms with E-state index in [9.17, 15) is 9.90 Å². The summed E-state index contributed by atoms with van der Waals surface area (Å²) in [5, 5.41) is 13.7. The third kappa shape index (κ3) is 2.29. The lowest BCUT2D eigenvalue weighted by atomic mass is 10.1. The number of rotatable bonds is 3. The number of carbonyl (C=O) groups excluding carboxylic acids is 1. The molecular formula is C16H18N2O4. The van der Waals surface area contributed by atoms with Crippen molar-refractivity contribution in [2.45, 2.75) is 30.8 Å². The van der Waals surface area contributed by atoms with E-state index in [0.717, 1.165) is 16.5 Å². The number of nitrogens with one attached hydrogen (secondary N) is 2. The van der Waals surface area contributed by atoms with E-state index in [0.29, 0.717) is 13.0 Å². The molecule has 2 aliphatic heterocycles. The molecule has 0 radical (unpaired) electrons. The monoisotopic (exact) mass is 302 g/mol.